The van der Waals surface area contributed by atoms with Crippen molar-refractivity contribution in [2.75, 3.05) is 63.9 Å². The molecule has 1 aromatic carbocycles. The number of rotatable bonds is 6. The predicted molar refractivity (Wildman–Crippen MR) is 103 cm³/mol. The van der Waals surface area contributed by atoms with Gasteiger partial charge >= 0.3 is 0 Å². The van der Waals surface area contributed by atoms with Crippen LogP contribution in [0.25, 0.3) is 0 Å². The van der Waals surface area contributed by atoms with Gasteiger partial charge in [-0.3, -0.25) is 9.89 Å². The van der Waals surface area contributed by atoms with Gasteiger partial charge in [0.15, 0.2) is 5.96 Å². The predicted octanol–water partition coefficient (Wildman–Crippen LogP) is 1.43. The number of nitrogens with one attached hydrogen (secondary N) is 2. The summed E-state index contributed by atoms with van der Waals surface area (Å²) in [6.45, 7) is 9.02. The second-order valence-corrected chi connectivity index (χ2v) is 6.86. The van der Waals surface area contributed by atoms with Gasteiger partial charge in [-0.05, 0) is 25.5 Å². The highest BCUT2D eigenvalue weighted by atomic mass is 19.1. The van der Waals surface area contributed by atoms with Crippen LogP contribution in [0.15, 0.2) is 23.2 Å². The third-order valence-electron chi connectivity index (χ3n) is 4.92. The number of hydrogen-bond donors (Lipinski definition) is 2. The molecule has 2 heterocycles. The third kappa shape index (κ3) is 5.52. The normalized spacial score (nSPS) is 21.5. The fourth-order valence-corrected chi connectivity index (χ4v) is 3.51. The van der Waals surface area contributed by atoms with Crippen molar-refractivity contribution in [3.63, 3.8) is 0 Å². The molecule has 0 aromatic heterocycles. The Hall–Kier alpha value is -1.93. The number of para-hydroxylation sites is 1. The van der Waals surface area contributed by atoms with E-state index in [-0.39, 0.29) is 11.7 Å². The maximum absolute atomic E-state index is 14.0. The van der Waals surface area contributed by atoms with Crippen molar-refractivity contribution >= 4 is 11.6 Å². The van der Waals surface area contributed by atoms with Crippen molar-refractivity contribution < 1.29 is 13.5 Å². The van der Waals surface area contributed by atoms with Crippen molar-refractivity contribution in [1.29, 1.82) is 0 Å². The highest BCUT2D eigenvalue weighted by Crippen LogP contribution is 2.26. The van der Waals surface area contributed by atoms with E-state index in [2.05, 4.69) is 20.5 Å². The molecule has 0 amide bonds. The van der Waals surface area contributed by atoms with Gasteiger partial charge in [-0.1, -0.05) is 6.07 Å². The summed E-state index contributed by atoms with van der Waals surface area (Å²) < 4.78 is 33.4. The molecule has 150 valence electrons. The summed E-state index contributed by atoms with van der Waals surface area (Å²) in [6.07, 6.45) is 0.807. The zero-order valence-corrected chi connectivity index (χ0v) is 15.9. The van der Waals surface area contributed by atoms with E-state index >= 15 is 0 Å². The van der Waals surface area contributed by atoms with Crippen molar-refractivity contribution in [2.24, 2.45) is 4.99 Å². The van der Waals surface area contributed by atoms with Crippen molar-refractivity contribution in [3.8, 4) is 0 Å². The fourth-order valence-electron chi connectivity index (χ4n) is 3.51. The van der Waals surface area contributed by atoms with Gasteiger partial charge in [0, 0.05) is 45.3 Å². The van der Waals surface area contributed by atoms with Crippen LogP contribution < -0.4 is 15.5 Å². The molecule has 0 bridgehead atoms. The van der Waals surface area contributed by atoms with Gasteiger partial charge in [0.25, 0.3) is 0 Å². The van der Waals surface area contributed by atoms with Gasteiger partial charge in [0.05, 0.1) is 19.8 Å². The van der Waals surface area contributed by atoms with E-state index in [1.807, 2.05) is 6.92 Å². The van der Waals surface area contributed by atoms with Gasteiger partial charge in [-0.25, -0.2) is 8.78 Å². The number of ether oxygens (including phenoxy) is 1. The number of benzene rings is 1. The Morgan fingerprint density at radius 3 is 2.67 bits per heavy atom. The molecule has 3 rings (SSSR count). The molecule has 2 saturated heterocycles. The summed E-state index contributed by atoms with van der Waals surface area (Å²) in [5, 5.41) is 6.66. The minimum absolute atomic E-state index is 0.0658. The third-order valence-corrected chi connectivity index (χ3v) is 4.92. The van der Waals surface area contributed by atoms with Crippen LogP contribution in [0, 0.1) is 11.6 Å². The molecule has 1 atom stereocenters. The van der Waals surface area contributed by atoms with E-state index in [0.717, 1.165) is 51.8 Å². The van der Waals surface area contributed by atoms with Gasteiger partial charge < -0.3 is 20.3 Å². The van der Waals surface area contributed by atoms with E-state index in [9.17, 15) is 8.78 Å². The van der Waals surface area contributed by atoms with Crippen LogP contribution in [0.2, 0.25) is 0 Å². The van der Waals surface area contributed by atoms with Crippen LogP contribution >= 0.6 is 0 Å². The van der Waals surface area contributed by atoms with Crippen LogP contribution in [-0.4, -0.2) is 75.9 Å². The highest BCUT2D eigenvalue weighted by Gasteiger charge is 2.27. The molecule has 1 aromatic rings. The van der Waals surface area contributed by atoms with Crippen LogP contribution in [0.1, 0.15) is 13.3 Å². The molecule has 0 spiro atoms. The number of aliphatic imine (C=N–C) groups is 1. The topological polar surface area (TPSA) is 52.1 Å². The first-order valence-corrected chi connectivity index (χ1v) is 9.71. The average Bonchev–Trinajstić information content (AvgIpc) is 3.10. The van der Waals surface area contributed by atoms with Gasteiger partial charge in [0.2, 0.25) is 0 Å². The first-order chi connectivity index (χ1) is 13.2. The Morgan fingerprint density at radius 2 is 1.96 bits per heavy atom. The lowest BCUT2D eigenvalue weighted by Crippen LogP contribution is -2.45. The average molecular weight is 381 g/mol. The van der Waals surface area contributed by atoms with E-state index in [1.165, 1.54) is 18.2 Å². The lowest BCUT2D eigenvalue weighted by molar-refractivity contribution is 0.0394. The number of morpholine rings is 1. The SMILES string of the molecule is CCNC(=NCCN1CCOCC1)NC1CCN(c2c(F)cccc2F)C1. The van der Waals surface area contributed by atoms with Gasteiger partial charge in [0.1, 0.15) is 17.3 Å². The molecule has 2 aliphatic heterocycles. The Kier molecular flexibility index (Phi) is 7.23. The van der Waals surface area contributed by atoms with E-state index in [1.54, 1.807) is 4.90 Å². The molecule has 2 fully saturated rings. The molecule has 0 saturated carbocycles. The molecule has 0 aliphatic carbocycles. The Labute approximate surface area is 159 Å². The molecule has 6 nitrogen and oxygen atoms in total. The first-order valence-electron chi connectivity index (χ1n) is 9.71. The summed E-state index contributed by atoms with van der Waals surface area (Å²) in [4.78, 5) is 8.75. The maximum Gasteiger partial charge on any atom is 0.191 e. The van der Waals surface area contributed by atoms with E-state index in [0.29, 0.717) is 19.6 Å². The van der Waals surface area contributed by atoms with Crippen LogP contribution in [-0.2, 0) is 4.74 Å². The zero-order valence-electron chi connectivity index (χ0n) is 15.9. The minimum atomic E-state index is -0.512. The quantitative estimate of drug-likeness (QED) is 0.577. The summed E-state index contributed by atoms with van der Waals surface area (Å²) in [5.74, 6) is -0.268. The van der Waals surface area contributed by atoms with Crippen LogP contribution in [0.5, 0.6) is 0 Å². The van der Waals surface area contributed by atoms with Crippen molar-refractivity contribution in [1.82, 2.24) is 15.5 Å². The van der Waals surface area contributed by atoms with Gasteiger partial charge in [-0.15, -0.1) is 0 Å². The molecule has 8 heteroatoms. The number of nitrogens with zero attached hydrogens (tertiary/aromatic N) is 3. The van der Waals surface area contributed by atoms with Crippen molar-refractivity contribution in [3.05, 3.63) is 29.8 Å². The number of hydrogen-bond acceptors (Lipinski definition) is 4. The molecule has 1 unspecified atom stereocenters. The molecular weight excluding hydrogens is 352 g/mol. The fraction of sp³-hybridized carbons (Fsp3) is 0.632. The van der Waals surface area contributed by atoms with E-state index < -0.39 is 11.6 Å². The van der Waals surface area contributed by atoms with Gasteiger partial charge in [-0.2, -0.15) is 0 Å². The molecule has 2 aliphatic rings. The lowest BCUT2D eigenvalue weighted by Gasteiger charge is -2.26. The monoisotopic (exact) mass is 381 g/mol. The Balaban J connectivity index is 1.53. The molecule has 2 N–H and O–H groups in total. The Morgan fingerprint density at radius 1 is 1.22 bits per heavy atom. The summed E-state index contributed by atoms with van der Waals surface area (Å²) >= 11 is 0. The molecule has 0 radical (unpaired) electrons. The first kappa shape index (κ1) is 19.8. The maximum atomic E-state index is 14.0. The minimum Gasteiger partial charge on any atom is -0.379 e. The smallest absolute Gasteiger partial charge is 0.191 e. The number of guanidine groups is 1. The summed E-state index contributed by atoms with van der Waals surface area (Å²) in [5.41, 5.74) is 0.0658. The van der Waals surface area contributed by atoms with Crippen LogP contribution in [0.3, 0.4) is 0 Å². The van der Waals surface area contributed by atoms with Crippen molar-refractivity contribution in [2.45, 2.75) is 19.4 Å². The largest absolute Gasteiger partial charge is 0.379 e. The highest BCUT2D eigenvalue weighted by molar-refractivity contribution is 5.80. The van der Waals surface area contributed by atoms with Crippen LogP contribution in [0.4, 0.5) is 14.5 Å². The molecular formula is C19H29F2N5O. The standard InChI is InChI=1S/C19H29F2N5O/c1-2-22-19(23-7-9-25-10-12-27-13-11-25)24-15-6-8-26(14-15)18-16(20)4-3-5-17(18)21/h3-5,15H,2,6-14H2,1H3,(H2,22,23,24). The second-order valence-electron chi connectivity index (χ2n) is 6.86. The number of halogens is 2. The summed E-state index contributed by atoms with van der Waals surface area (Å²) in [7, 11) is 0. The lowest BCUT2D eigenvalue weighted by atomic mass is 10.2. The number of anilines is 1. The molecule has 27 heavy (non-hydrogen) atoms. The van der Waals surface area contributed by atoms with E-state index in [4.69, 9.17) is 4.74 Å². The summed E-state index contributed by atoms with van der Waals surface area (Å²) in [6, 6.07) is 4.10. The second kappa shape index (κ2) is 9.85. The zero-order chi connectivity index (χ0) is 19.1. The Bertz CT molecular complexity index is 616.